The minimum absolute atomic E-state index is 0.340. The lowest BCUT2D eigenvalue weighted by Crippen LogP contribution is -2.23. The molecule has 28 heavy (non-hydrogen) atoms. The highest BCUT2D eigenvalue weighted by Crippen LogP contribution is 2.39. The van der Waals surface area contributed by atoms with Crippen molar-refractivity contribution < 1.29 is 35.9 Å². The summed E-state index contributed by atoms with van der Waals surface area (Å²) in [6, 6.07) is 1.36. The predicted octanol–water partition coefficient (Wildman–Crippen LogP) is 2.90. The van der Waals surface area contributed by atoms with Crippen LogP contribution in [-0.4, -0.2) is 11.8 Å². The standard InChI is InChI=1S/C18H6F6N2O2/c19-5-1-7(21)11(8(22)2-5)15-13-14(18(28)25-15)16(26-17(13)27)12-9(23)3-6(20)4-10(12)24/h1-4H,(H,25,28)(H,26,27). The Morgan fingerprint density at radius 1 is 0.536 bits per heavy atom. The summed E-state index contributed by atoms with van der Waals surface area (Å²) in [4.78, 5) is 24.6. The SMILES string of the molecule is O=C1NC(c2c(F)cc(F)cc2F)=C2C(=O)NC(c3c(F)cc(F)cc3F)=C12. The smallest absolute Gasteiger partial charge is 0.258 e. The predicted molar refractivity (Wildman–Crippen MR) is 82.8 cm³/mol. The molecule has 4 nitrogen and oxygen atoms in total. The lowest BCUT2D eigenvalue weighted by atomic mass is 10.0. The molecule has 2 heterocycles. The number of fused-ring (bicyclic) bond motifs is 1. The maximum absolute atomic E-state index is 14.1. The van der Waals surface area contributed by atoms with Gasteiger partial charge >= 0.3 is 0 Å². The molecule has 0 aliphatic carbocycles. The van der Waals surface area contributed by atoms with Crippen molar-refractivity contribution in [2.45, 2.75) is 0 Å². The molecule has 0 spiro atoms. The minimum Gasteiger partial charge on any atom is -0.320 e. The Kier molecular flexibility index (Phi) is 3.81. The second-order valence-corrected chi connectivity index (χ2v) is 5.90. The van der Waals surface area contributed by atoms with Gasteiger partial charge in [-0.05, 0) is 0 Å². The van der Waals surface area contributed by atoms with Gasteiger partial charge in [0.25, 0.3) is 11.8 Å². The molecule has 2 aromatic rings. The van der Waals surface area contributed by atoms with Crippen LogP contribution in [0.1, 0.15) is 11.1 Å². The monoisotopic (exact) mass is 396 g/mol. The summed E-state index contributed by atoms with van der Waals surface area (Å²) in [6.45, 7) is 0. The van der Waals surface area contributed by atoms with Crippen LogP contribution < -0.4 is 10.6 Å². The normalized spacial score (nSPS) is 15.9. The molecule has 0 aromatic heterocycles. The number of amides is 2. The molecule has 0 bridgehead atoms. The van der Waals surface area contributed by atoms with E-state index in [2.05, 4.69) is 10.6 Å². The minimum atomic E-state index is -1.40. The second kappa shape index (κ2) is 5.98. The van der Waals surface area contributed by atoms with E-state index in [4.69, 9.17) is 0 Å². The maximum atomic E-state index is 14.1. The molecule has 0 atom stereocenters. The summed E-state index contributed by atoms with van der Waals surface area (Å²) in [5.41, 5.74) is -4.18. The van der Waals surface area contributed by atoms with Crippen molar-refractivity contribution >= 4 is 23.2 Å². The van der Waals surface area contributed by atoms with Gasteiger partial charge in [0.1, 0.15) is 34.9 Å². The summed E-state index contributed by atoms with van der Waals surface area (Å²) in [5, 5.41) is 4.11. The van der Waals surface area contributed by atoms with E-state index in [1.165, 1.54) is 0 Å². The highest BCUT2D eigenvalue weighted by molar-refractivity contribution is 6.30. The lowest BCUT2D eigenvalue weighted by molar-refractivity contribution is -0.117. The average molecular weight is 396 g/mol. The first-order valence-electron chi connectivity index (χ1n) is 7.60. The highest BCUT2D eigenvalue weighted by atomic mass is 19.2. The van der Waals surface area contributed by atoms with E-state index in [1.54, 1.807) is 0 Å². The number of rotatable bonds is 2. The quantitative estimate of drug-likeness (QED) is 0.768. The topological polar surface area (TPSA) is 58.2 Å². The van der Waals surface area contributed by atoms with Gasteiger partial charge in [0, 0.05) is 24.3 Å². The Morgan fingerprint density at radius 3 is 1.11 bits per heavy atom. The van der Waals surface area contributed by atoms with E-state index in [9.17, 15) is 35.9 Å². The van der Waals surface area contributed by atoms with Crippen LogP contribution in [0.2, 0.25) is 0 Å². The van der Waals surface area contributed by atoms with Gasteiger partial charge < -0.3 is 10.6 Å². The van der Waals surface area contributed by atoms with Crippen LogP contribution in [0.5, 0.6) is 0 Å². The third-order valence-electron chi connectivity index (χ3n) is 4.19. The molecular formula is C18H6F6N2O2. The highest BCUT2D eigenvalue weighted by Gasteiger charge is 2.43. The Balaban J connectivity index is 2.00. The third kappa shape index (κ3) is 2.48. The van der Waals surface area contributed by atoms with Crippen molar-refractivity contribution in [3.05, 3.63) is 81.4 Å². The molecular weight excluding hydrogens is 390 g/mol. The van der Waals surface area contributed by atoms with Crippen molar-refractivity contribution in [2.75, 3.05) is 0 Å². The van der Waals surface area contributed by atoms with Crippen LogP contribution in [0.15, 0.2) is 35.4 Å². The Labute approximate surface area is 152 Å². The van der Waals surface area contributed by atoms with Crippen LogP contribution in [0, 0.1) is 34.9 Å². The average Bonchev–Trinajstić information content (AvgIpc) is 3.05. The van der Waals surface area contributed by atoms with Crippen LogP contribution in [-0.2, 0) is 9.59 Å². The van der Waals surface area contributed by atoms with Gasteiger partial charge in [0.2, 0.25) is 0 Å². The van der Waals surface area contributed by atoms with Crippen molar-refractivity contribution in [1.82, 2.24) is 10.6 Å². The molecule has 2 aliphatic heterocycles. The van der Waals surface area contributed by atoms with E-state index >= 15 is 0 Å². The molecule has 2 aromatic carbocycles. The van der Waals surface area contributed by atoms with Crippen LogP contribution in [0.25, 0.3) is 11.4 Å². The largest absolute Gasteiger partial charge is 0.320 e. The van der Waals surface area contributed by atoms with Crippen molar-refractivity contribution in [1.29, 1.82) is 0 Å². The molecule has 2 aliphatic rings. The Bertz CT molecular complexity index is 1030. The zero-order chi connectivity index (χ0) is 20.3. The summed E-state index contributed by atoms with van der Waals surface area (Å²) in [5.74, 6) is -10.2. The fourth-order valence-corrected chi connectivity index (χ4v) is 3.12. The van der Waals surface area contributed by atoms with Gasteiger partial charge in [-0.2, -0.15) is 0 Å². The summed E-state index contributed by atoms with van der Waals surface area (Å²) in [6.07, 6.45) is 0. The molecule has 0 radical (unpaired) electrons. The van der Waals surface area contributed by atoms with E-state index in [0.717, 1.165) is 0 Å². The van der Waals surface area contributed by atoms with Gasteiger partial charge in [-0.1, -0.05) is 0 Å². The number of benzene rings is 2. The van der Waals surface area contributed by atoms with E-state index in [0.29, 0.717) is 24.3 Å². The zero-order valence-corrected chi connectivity index (χ0v) is 13.4. The third-order valence-corrected chi connectivity index (χ3v) is 4.19. The summed E-state index contributed by atoms with van der Waals surface area (Å²) < 4.78 is 82.6. The van der Waals surface area contributed by atoms with Gasteiger partial charge in [-0.3, -0.25) is 9.59 Å². The van der Waals surface area contributed by atoms with Gasteiger partial charge in [-0.15, -0.1) is 0 Å². The maximum Gasteiger partial charge on any atom is 0.258 e. The molecule has 142 valence electrons. The fraction of sp³-hybridized carbons (Fsp3) is 0. The number of hydrogen-bond donors (Lipinski definition) is 2. The fourth-order valence-electron chi connectivity index (χ4n) is 3.12. The van der Waals surface area contributed by atoms with Crippen molar-refractivity contribution in [2.24, 2.45) is 0 Å². The van der Waals surface area contributed by atoms with E-state index in [1.807, 2.05) is 0 Å². The molecule has 4 rings (SSSR count). The Morgan fingerprint density at radius 2 is 0.821 bits per heavy atom. The van der Waals surface area contributed by atoms with Gasteiger partial charge in [-0.25, -0.2) is 26.3 Å². The van der Waals surface area contributed by atoms with Gasteiger partial charge in [0.15, 0.2) is 0 Å². The van der Waals surface area contributed by atoms with Gasteiger partial charge in [0.05, 0.1) is 33.7 Å². The lowest BCUT2D eigenvalue weighted by Gasteiger charge is -2.10. The van der Waals surface area contributed by atoms with Crippen LogP contribution in [0.3, 0.4) is 0 Å². The molecule has 2 N–H and O–H groups in total. The first kappa shape index (κ1) is 17.8. The zero-order valence-electron chi connectivity index (χ0n) is 13.4. The number of nitrogens with one attached hydrogen (secondary N) is 2. The Hall–Kier alpha value is -3.56. The number of halogens is 6. The first-order valence-corrected chi connectivity index (χ1v) is 7.60. The molecule has 0 unspecified atom stereocenters. The van der Waals surface area contributed by atoms with Crippen molar-refractivity contribution in [3.63, 3.8) is 0 Å². The van der Waals surface area contributed by atoms with Crippen LogP contribution >= 0.6 is 0 Å². The second-order valence-electron chi connectivity index (χ2n) is 5.90. The molecule has 0 saturated heterocycles. The summed E-state index contributed by atoms with van der Waals surface area (Å²) >= 11 is 0. The molecule has 2 amide bonds. The summed E-state index contributed by atoms with van der Waals surface area (Å²) in [7, 11) is 0. The number of carbonyl (C=O) groups excluding carboxylic acids is 2. The first-order chi connectivity index (χ1) is 13.2. The van der Waals surface area contributed by atoms with E-state index < -0.39 is 80.4 Å². The molecule has 0 fully saturated rings. The molecule has 0 saturated carbocycles. The number of carbonyl (C=O) groups is 2. The van der Waals surface area contributed by atoms with Crippen LogP contribution in [0.4, 0.5) is 26.3 Å². The molecule has 10 heteroatoms. The van der Waals surface area contributed by atoms with E-state index in [-0.39, 0.29) is 0 Å². The number of hydrogen-bond acceptors (Lipinski definition) is 2. The van der Waals surface area contributed by atoms with Crippen molar-refractivity contribution in [3.8, 4) is 0 Å².